The quantitative estimate of drug-likeness (QED) is 0.755. The van der Waals surface area contributed by atoms with E-state index in [4.69, 9.17) is 0 Å². The van der Waals surface area contributed by atoms with Crippen LogP contribution in [0, 0.1) is 5.41 Å². The van der Waals surface area contributed by atoms with E-state index in [1.807, 2.05) is 0 Å². The molecule has 0 spiro atoms. The van der Waals surface area contributed by atoms with Crippen LogP contribution in [0.3, 0.4) is 0 Å². The fourth-order valence-electron chi connectivity index (χ4n) is 3.16. The van der Waals surface area contributed by atoms with Gasteiger partial charge in [-0.25, -0.2) is 0 Å². The van der Waals surface area contributed by atoms with E-state index in [2.05, 4.69) is 61.7 Å². The van der Waals surface area contributed by atoms with Gasteiger partial charge < -0.3 is 0 Å². The molecule has 0 aromatic heterocycles. The molecule has 0 heterocycles. The summed E-state index contributed by atoms with van der Waals surface area (Å²) in [5.74, 6) is 1.03. The molecule has 1 fully saturated rings. The molecule has 2 rings (SSSR count). The van der Waals surface area contributed by atoms with E-state index in [0.29, 0.717) is 11.5 Å². The normalized spacial score (nSPS) is 18.4. The summed E-state index contributed by atoms with van der Waals surface area (Å²) in [6.45, 7) is 6.88. The predicted molar refractivity (Wildman–Crippen MR) is 86.7 cm³/mol. The molecular weight excluding hydrogens is 250 g/mol. The Kier molecular flexibility index (Phi) is 5.35. The zero-order valence-corrected chi connectivity index (χ0v) is 13.2. The summed E-state index contributed by atoms with van der Waals surface area (Å²) in [5.41, 5.74) is 1.88. The molecule has 0 saturated heterocycles. The molecule has 1 aliphatic rings. The minimum absolute atomic E-state index is 0.460. The van der Waals surface area contributed by atoms with E-state index < -0.39 is 0 Å². The fourth-order valence-corrected chi connectivity index (χ4v) is 3.58. The Bertz CT molecular complexity index is 368. The molecule has 1 nitrogen and oxygen atoms in total. The first-order valence-corrected chi connectivity index (χ1v) is 8.17. The topological polar surface area (TPSA) is 3.24 Å². The van der Waals surface area contributed by atoms with Crippen LogP contribution < -0.4 is 0 Å². The highest BCUT2D eigenvalue weighted by Gasteiger charge is 2.34. The van der Waals surface area contributed by atoms with Crippen molar-refractivity contribution in [2.24, 2.45) is 5.41 Å². The minimum Gasteiger partial charge on any atom is -0.296 e. The third-order valence-electron chi connectivity index (χ3n) is 4.50. The predicted octanol–water partition coefficient (Wildman–Crippen LogP) is 4.39. The summed E-state index contributed by atoms with van der Waals surface area (Å²) >= 11 is 4.64. The number of hydrogen-bond acceptors (Lipinski definition) is 2. The van der Waals surface area contributed by atoms with Gasteiger partial charge in [-0.1, -0.05) is 43.2 Å². The first-order valence-electron chi connectivity index (χ1n) is 7.54. The van der Waals surface area contributed by atoms with Gasteiger partial charge >= 0.3 is 0 Å². The van der Waals surface area contributed by atoms with Crippen LogP contribution >= 0.6 is 12.6 Å². The van der Waals surface area contributed by atoms with Crippen molar-refractivity contribution >= 4 is 12.6 Å². The highest BCUT2D eigenvalue weighted by atomic mass is 32.1. The van der Waals surface area contributed by atoms with Crippen molar-refractivity contribution in [3.63, 3.8) is 0 Å². The summed E-state index contributed by atoms with van der Waals surface area (Å²) in [6, 6.07) is 11.4. The number of nitrogens with zero attached hydrogens (tertiary/aromatic N) is 1. The van der Waals surface area contributed by atoms with Gasteiger partial charge in [-0.3, -0.25) is 4.90 Å². The molecule has 1 aromatic rings. The van der Waals surface area contributed by atoms with Crippen molar-refractivity contribution in [1.29, 1.82) is 0 Å². The van der Waals surface area contributed by atoms with Gasteiger partial charge in [-0.2, -0.15) is 12.6 Å². The Labute approximate surface area is 123 Å². The lowest BCUT2D eigenvalue weighted by atomic mass is 9.87. The molecule has 0 unspecified atom stereocenters. The highest BCUT2D eigenvalue weighted by molar-refractivity contribution is 7.80. The summed E-state index contributed by atoms with van der Waals surface area (Å²) < 4.78 is 0. The van der Waals surface area contributed by atoms with Crippen LogP contribution in [0.4, 0.5) is 0 Å². The van der Waals surface area contributed by atoms with E-state index in [1.54, 1.807) is 0 Å². The van der Waals surface area contributed by atoms with Crippen LogP contribution in [0.25, 0.3) is 0 Å². The SMILES string of the molecule is CC(C)N(Cc1ccccc1)CC1(CS)CCCC1. The molecule has 0 N–H and O–H groups in total. The Morgan fingerprint density at radius 1 is 1.16 bits per heavy atom. The Hall–Kier alpha value is -0.470. The largest absolute Gasteiger partial charge is 0.296 e. The summed E-state index contributed by atoms with van der Waals surface area (Å²) in [6.07, 6.45) is 5.48. The Morgan fingerprint density at radius 3 is 2.32 bits per heavy atom. The van der Waals surface area contributed by atoms with E-state index in [9.17, 15) is 0 Å². The maximum atomic E-state index is 4.64. The fraction of sp³-hybridized carbons (Fsp3) is 0.647. The Balaban J connectivity index is 2.04. The molecule has 0 amide bonds. The molecular formula is C17H27NS. The molecule has 1 aromatic carbocycles. The average Bonchev–Trinajstić information content (AvgIpc) is 2.88. The summed E-state index contributed by atoms with van der Waals surface area (Å²) in [5, 5.41) is 0. The van der Waals surface area contributed by atoms with Crippen LogP contribution in [0.5, 0.6) is 0 Å². The molecule has 0 aliphatic heterocycles. The monoisotopic (exact) mass is 277 g/mol. The molecule has 0 atom stereocenters. The van der Waals surface area contributed by atoms with Gasteiger partial charge in [0.1, 0.15) is 0 Å². The van der Waals surface area contributed by atoms with Gasteiger partial charge in [-0.05, 0) is 43.4 Å². The van der Waals surface area contributed by atoms with Crippen LogP contribution in [-0.2, 0) is 6.54 Å². The van der Waals surface area contributed by atoms with Crippen molar-refractivity contribution in [3.8, 4) is 0 Å². The van der Waals surface area contributed by atoms with E-state index in [0.717, 1.165) is 12.3 Å². The smallest absolute Gasteiger partial charge is 0.0236 e. The van der Waals surface area contributed by atoms with Crippen molar-refractivity contribution in [2.45, 2.75) is 52.1 Å². The summed E-state index contributed by atoms with van der Waals surface area (Å²) in [4.78, 5) is 2.62. The number of rotatable bonds is 6. The van der Waals surface area contributed by atoms with Crippen LogP contribution in [0.1, 0.15) is 45.1 Å². The second-order valence-electron chi connectivity index (χ2n) is 6.35. The number of benzene rings is 1. The molecule has 1 saturated carbocycles. The standard InChI is InChI=1S/C17H27NS/c1-15(2)18(12-16-8-4-3-5-9-16)13-17(14-19)10-6-7-11-17/h3-5,8-9,15,19H,6-7,10-14H2,1-2H3. The van der Waals surface area contributed by atoms with Crippen molar-refractivity contribution in [1.82, 2.24) is 4.90 Å². The summed E-state index contributed by atoms with van der Waals surface area (Å²) in [7, 11) is 0. The van der Waals surface area contributed by atoms with Crippen LogP contribution in [0.15, 0.2) is 30.3 Å². The van der Waals surface area contributed by atoms with Crippen molar-refractivity contribution < 1.29 is 0 Å². The third kappa shape index (κ3) is 4.00. The van der Waals surface area contributed by atoms with E-state index in [1.165, 1.54) is 37.8 Å². The molecule has 19 heavy (non-hydrogen) atoms. The maximum Gasteiger partial charge on any atom is 0.0236 e. The van der Waals surface area contributed by atoms with Gasteiger partial charge in [0.05, 0.1) is 0 Å². The molecule has 2 heteroatoms. The van der Waals surface area contributed by atoms with Gasteiger partial charge in [0, 0.05) is 19.1 Å². The molecule has 0 radical (unpaired) electrons. The zero-order valence-electron chi connectivity index (χ0n) is 12.3. The lowest BCUT2D eigenvalue weighted by Crippen LogP contribution is -2.40. The molecule has 106 valence electrons. The number of thiol groups is 1. The zero-order chi connectivity index (χ0) is 13.7. The average molecular weight is 277 g/mol. The van der Waals surface area contributed by atoms with Gasteiger partial charge in [-0.15, -0.1) is 0 Å². The highest BCUT2D eigenvalue weighted by Crippen LogP contribution is 2.40. The lowest BCUT2D eigenvalue weighted by Gasteiger charge is -2.36. The van der Waals surface area contributed by atoms with E-state index >= 15 is 0 Å². The lowest BCUT2D eigenvalue weighted by molar-refractivity contribution is 0.132. The third-order valence-corrected chi connectivity index (χ3v) is 5.17. The van der Waals surface area contributed by atoms with Crippen molar-refractivity contribution in [3.05, 3.63) is 35.9 Å². The maximum absolute atomic E-state index is 4.64. The van der Waals surface area contributed by atoms with E-state index in [-0.39, 0.29) is 0 Å². The van der Waals surface area contributed by atoms with Crippen molar-refractivity contribution in [2.75, 3.05) is 12.3 Å². The van der Waals surface area contributed by atoms with Crippen LogP contribution in [-0.4, -0.2) is 23.2 Å². The van der Waals surface area contributed by atoms with Gasteiger partial charge in [0.2, 0.25) is 0 Å². The first-order chi connectivity index (χ1) is 9.15. The van der Waals surface area contributed by atoms with Gasteiger partial charge in [0.25, 0.3) is 0 Å². The Morgan fingerprint density at radius 2 is 1.79 bits per heavy atom. The molecule has 1 aliphatic carbocycles. The molecule has 0 bridgehead atoms. The minimum atomic E-state index is 0.460. The first kappa shape index (κ1) is 14.9. The van der Waals surface area contributed by atoms with Gasteiger partial charge in [0.15, 0.2) is 0 Å². The van der Waals surface area contributed by atoms with Crippen LogP contribution in [0.2, 0.25) is 0 Å². The number of hydrogen-bond donors (Lipinski definition) is 1. The second kappa shape index (κ2) is 6.81. The second-order valence-corrected chi connectivity index (χ2v) is 6.67.